The monoisotopic (exact) mass is 405 g/mol. The first-order valence-electron chi connectivity index (χ1n) is 8.29. The summed E-state index contributed by atoms with van der Waals surface area (Å²) in [5, 5.41) is 16.0. The summed E-state index contributed by atoms with van der Waals surface area (Å²) in [6.45, 7) is 1.67. The van der Waals surface area contributed by atoms with Crippen molar-refractivity contribution >= 4 is 32.8 Å². The van der Waals surface area contributed by atoms with Crippen LogP contribution in [-0.4, -0.2) is 47.5 Å². The summed E-state index contributed by atoms with van der Waals surface area (Å²) in [6, 6.07) is 0. The van der Waals surface area contributed by atoms with Crippen molar-refractivity contribution in [1.29, 1.82) is 0 Å². The molecule has 0 aliphatic carbocycles. The lowest BCUT2D eigenvalue weighted by Gasteiger charge is -2.34. The summed E-state index contributed by atoms with van der Waals surface area (Å²) in [7, 11) is 3.79. The van der Waals surface area contributed by atoms with Gasteiger partial charge in [-0.05, 0) is 34.7 Å². The molecule has 4 heterocycles. The van der Waals surface area contributed by atoms with Crippen molar-refractivity contribution in [2.75, 3.05) is 18.0 Å². The number of imidazole rings is 1. The van der Waals surface area contributed by atoms with Gasteiger partial charge in [-0.3, -0.25) is 0 Å². The first-order valence-corrected chi connectivity index (χ1v) is 9.09. The van der Waals surface area contributed by atoms with Gasteiger partial charge in [-0.2, -0.15) is 5.10 Å². The van der Waals surface area contributed by atoms with E-state index in [0.717, 1.165) is 53.2 Å². The average Bonchev–Trinajstić information content (AvgIpc) is 3.18. The number of halogens is 1. The molecular formula is C16H20BrN7O. The van der Waals surface area contributed by atoms with Gasteiger partial charge in [-0.25, -0.2) is 19.6 Å². The van der Waals surface area contributed by atoms with Crippen LogP contribution in [0.4, 0.5) is 5.82 Å². The molecular weight excluding hydrogens is 386 g/mol. The molecule has 3 aromatic heterocycles. The fourth-order valence-electron chi connectivity index (χ4n) is 3.57. The maximum absolute atomic E-state index is 10.6. The molecule has 1 fully saturated rings. The predicted octanol–water partition coefficient (Wildman–Crippen LogP) is 1.81. The van der Waals surface area contributed by atoms with E-state index in [2.05, 4.69) is 40.9 Å². The Morgan fingerprint density at radius 3 is 2.64 bits per heavy atom. The van der Waals surface area contributed by atoms with Crippen LogP contribution in [0.3, 0.4) is 0 Å². The molecule has 0 saturated carbocycles. The van der Waals surface area contributed by atoms with Crippen molar-refractivity contribution in [2.24, 2.45) is 20.0 Å². The maximum atomic E-state index is 10.6. The Balaban J connectivity index is 1.54. The Hall–Kier alpha value is -2.00. The minimum absolute atomic E-state index is 0.201. The number of rotatable bonds is 3. The standard InChI is InChI=1S/C16H20BrN7O/c1-22-8-5-18-16(22)12(25)10-3-6-24(7-4-10)15-11-13(17)21-23(2)14(11)19-9-20-15/h5,8-10,12,25H,3-4,6-7H2,1-2H3. The largest absolute Gasteiger partial charge is 0.385 e. The van der Waals surface area contributed by atoms with Gasteiger partial charge in [0.2, 0.25) is 0 Å². The van der Waals surface area contributed by atoms with Crippen LogP contribution in [0, 0.1) is 5.92 Å². The van der Waals surface area contributed by atoms with Crippen LogP contribution in [0.2, 0.25) is 0 Å². The highest BCUT2D eigenvalue weighted by Gasteiger charge is 2.30. The second-order valence-electron chi connectivity index (χ2n) is 6.48. The minimum atomic E-state index is -0.530. The van der Waals surface area contributed by atoms with Gasteiger partial charge in [0.25, 0.3) is 0 Å². The number of aliphatic hydroxyl groups excluding tert-OH is 1. The zero-order chi connectivity index (χ0) is 17.6. The predicted molar refractivity (Wildman–Crippen MR) is 97.1 cm³/mol. The lowest BCUT2D eigenvalue weighted by molar-refractivity contribution is 0.0824. The Bertz CT molecular complexity index is 897. The highest BCUT2D eigenvalue weighted by molar-refractivity contribution is 9.10. The number of fused-ring (bicyclic) bond motifs is 1. The molecule has 1 aliphatic rings. The number of aryl methyl sites for hydroxylation is 2. The van der Waals surface area contributed by atoms with E-state index in [9.17, 15) is 5.11 Å². The van der Waals surface area contributed by atoms with E-state index < -0.39 is 6.10 Å². The van der Waals surface area contributed by atoms with Crippen molar-refractivity contribution in [1.82, 2.24) is 29.3 Å². The van der Waals surface area contributed by atoms with Crippen LogP contribution in [-0.2, 0) is 14.1 Å². The fourth-order valence-corrected chi connectivity index (χ4v) is 4.16. The van der Waals surface area contributed by atoms with Gasteiger partial charge in [-0.1, -0.05) is 0 Å². The molecule has 1 saturated heterocycles. The normalized spacial score (nSPS) is 17.4. The molecule has 1 atom stereocenters. The number of anilines is 1. The second kappa shape index (κ2) is 6.38. The van der Waals surface area contributed by atoms with E-state index in [1.54, 1.807) is 17.2 Å². The molecule has 1 N–H and O–H groups in total. The van der Waals surface area contributed by atoms with Gasteiger partial charge in [0.1, 0.15) is 28.7 Å². The van der Waals surface area contributed by atoms with E-state index in [-0.39, 0.29) is 5.92 Å². The van der Waals surface area contributed by atoms with Crippen LogP contribution in [0.1, 0.15) is 24.8 Å². The molecule has 3 aromatic rings. The molecule has 8 nitrogen and oxygen atoms in total. The Morgan fingerprint density at radius 1 is 1.20 bits per heavy atom. The third kappa shape index (κ3) is 2.81. The van der Waals surface area contributed by atoms with E-state index in [4.69, 9.17) is 0 Å². The third-order valence-corrected chi connectivity index (χ3v) is 5.52. The molecule has 9 heteroatoms. The van der Waals surface area contributed by atoms with E-state index in [1.807, 2.05) is 24.9 Å². The maximum Gasteiger partial charge on any atom is 0.164 e. The van der Waals surface area contributed by atoms with E-state index in [1.165, 1.54) is 0 Å². The molecule has 0 aromatic carbocycles. The number of hydrogen-bond acceptors (Lipinski definition) is 6. The van der Waals surface area contributed by atoms with Crippen LogP contribution in [0.5, 0.6) is 0 Å². The number of aliphatic hydroxyl groups is 1. The van der Waals surface area contributed by atoms with Gasteiger partial charge >= 0.3 is 0 Å². The van der Waals surface area contributed by atoms with E-state index in [0.29, 0.717) is 0 Å². The topological polar surface area (TPSA) is 84.9 Å². The molecule has 1 aliphatic heterocycles. The van der Waals surface area contributed by atoms with Crippen LogP contribution in [0.25, 0.3) is 11.0 Å². The molecule has 0 amide bonds. The summed E-state index contributed by atoms with van der Waals surface area (Å²) in [6.07, 6.45) is 6.42. The first-order chi connectivity index (χ1) is 12.1. The smallest absolute Gasteiger partial charge is 0.164 e. The summed E-state index contributed by atoms with van der Waals surface area (Å²) < 4.78 is 4.40. The highest BCUT2D eigenvalue weighted by Crippen LogP contribution is 2.34. The molecule has 4 rings (SSSR count). The number of aromatic nitrogens is 6. The van der Waals surface area contributed by atoms with Gasteiger partial charge < -0.3 is 14.6 Å². The van der Waals surface area contributed by atoms with Crippen molar-refractivity contribution in [3.8, 4) is 0 Å². The zero-order valence-corrected chi connectivity index (χ0v) is 15.8. The Kier molecular flexibility index (Phi) is 4.20. The fraction of sp³-hybridized carbons (Fsp3) is 0.500. The van der Waals surface area contributed by atoms with Crippen molar-refractivity contribution in [2.45, 2.75) is 18.9 Å². The molecule has 1 unspecified atom stereocenters. The molecule has 0 radical (unpaired) electrons. The number of nitrogens with zero attached hydrogens (tertiary/aromatic N) is 7. The van der Waals surface area contributed by atoms with Crippen molar-refractivity contribution < 1.29 is 5.11 Å². The van der Waals surface area contributed by atoms with Gasteiger partial charge in [0.05, 0.1) is 5.39 Å². The van der Waals surface area contributed by atoms with Gasteiger partial charge in [0.15, 0.2) is 5.65 Å². The van der Waals surface area contributed by atoms with Crippen molar-refractivity contribution in [3.05, 3.63) is 29.1 Å². The Morgan fingerprint density at radius 2 is 1.96 bits per heavy atom. The lowest BCUT2D eigenvalue weighted by atomic mass is 9.90. The summed E-state index contributed by atoms with van der Waals surface area (Å²) >= 11 is 3.51. The molecule has 0 spiro atoms. The molecule has 0 bridgehead atoms. The SMILES string of the molecule is Cn1ccnc1C(O)C1CCN(c2ncnc3c2c(Br)nn3C)CC1. The lowest BCUT2D eigenvalue weighted by Crippen LogP contribution is -2.36. The summed E-state index contributed by atoms with van der Waals surface area (Å²) in [4.78, 5) is 15.3. The van der Waals surface area contributed by atoms with Crippen LogP contribution >= 0.6 is 15.9 Å². The first kappa shape index (κ1) is 16.5. The Labute approximate surface area is 153 Å². The quantitative estimate of drug-likeness (QED) is 0.714. The van der Waals surface area contributed by atoms with E-state index >= 15 is 0 Å². The highest BCUT2D eigenvalue weighted by atomic mass is 79.9. The minimum Gasteiger partial charge on any atom is -0.385 e. The number of piperidine rings is 1. The molecule has 25 heavy (non-hydrogen) atoms. The summed E-state index contributed by atoms with van der Waals surface area (Å²) in [5.41, 5.74) is 0.812. The van der Waals surface area contributed by atoms with Crippen LogP contribution in [0.15, 0.2) is 23.3 Å². The van der Waals surface area contributed by atoms with Gasteiger partial charge in [0, 0.05) is 39.6 Å². The third-order valence-electron chi connectivity index (χ3n) is 4.97. The second-order valence-corrected chi connectivity index (χ2v) is 7.23. The zero-order valence-electron chi connectivity index (χ0n) is 14.2. The number of hydrogen-bond donors (Lipinski definition) is 1. The summed E-state index contributed by atoms with van der Waals surface area (Å²) in [5.74, 6) is 1.83. The van der Waals surface area contributed by atoms with Gasteiger partial charge in [-0.15, -0.1) is 0 Å². The average molecular weight is 406 g/mol. The van der Waals surface area contributed by atoms with Crippen molar-refractivity contribution in [3.63, 3.8) is 0 Å². The van der Waals surface area contributed by atoms with Crippen LogP contribution < -0.4 is 4.90 Å². The molecule has 132 valence electrons.